The number of hydrogen-bond donors (Lipinski definition) is 2. The fraction of sp³-hybridized carbons (Fsp3) is 0.875. The Bertz CT molecular complexity index is 183. The Balaban J connectivity index is 2.33. The lowest BCUT2D eigenvalue weighted by Crippen LogP contribution is -2.41. The Morgan fingerprint density at radius 3 is 2.57 bits per heavy atom. The van der Waals surface area contributed by atoms with Crippen LogP contribution in [-0.2, 0) is 4.79 Å². The number of amides is 1. The van der Waals surface area contributed by atoms with E-state index in [0.717, 1.165) is 24.6 Å². The summed E-state index contributed by atoms with van der Waals surface area (Å²) in [7, 11) is 3.82. The van der Waals surface area contributed by atoms with Gasteiger partial charge in [-0.25, -0.2) is 5.84 Å². The third kappa shape index (κ3) is 4.08. The van der Waals surface area contributed by atoms with Gasteiger partial charge in [0, 0.05) is 37.1 Å². The number of rotatable bonds is 3. The molecule has 1 atom stereocenters. The van der Waals surface area contributed by atoms with Gasteiger partial charge in [-0.1, -0.05) is 21.6 Å². The fourth-order valence-electron chi connectivity index (χ4n) is 1.44. The molecule has 82 valence electrons. The second-order valence-corrected chi connectivity index (χ2v) is 6.00. The monoisotopic (exact) mass is 235 g/mol. The zero-order valence-electron chi connectivity index (χ0n) is 8.36. The van der Waals surface area contributed by atoms with Crippen molar-refractivity contribution >= 4 is 27.5 Å². The van der Waals surface area contributed by atoms with E-state index in [1.165, 1.54) is 0 Å². The van der Waals surface area contributed by atoms with Gasteiger partial charge >= 0.3 is 0 Å². The third-order valence-electron chi connectivity index (χ3n) is 2.27. The SMILES string of the molecule is CC(CC(=O)NN)N1CCSSCC1. The molecule has 14 heavy (non-hydrogen) atoms. The van der Waals surface area contributed by atoms with E-state index in [4.69, 9.17) is 5.84 Å². The minimum Gasteiger partial charge on any atom is -0.298 e. The van der Waals surface area contributed by atoms with E-state index in [-0.39, 0.29) is 11.9 Å². The van der Waals surface area contributed by atoms with Crippen molar-refractivity contribution in [3.63, 3.8) is 0 Å². The summed E-state index contributed by atoms with van der Waals surface area (Å²) in [5.74, 6) is 7.25. The summed E-state index contributed by atoms with van der Waals surface area (Å²) in [6, 6.07) is 0.290. The lowest BCUT2D eigenvalue weighted by Gasteiger charge is -2.26. The van der Waals surface area contributed by atoms with Gasteiger partial charge < -0.3 is 0 Å². The van der Waals surface area contributed by atoms with E-state index < -0.39 is 0 Å². The molecule has 1 saturated heterocycles. The van der Waals surface area contributed by atoms with Gasteiger partial charge in [-0.15, -0.1) is 0 Å². The van der Waals surface area contributed by atoms with Crippen molar-refractivity contribution in [2.45, 2.75) is 19.4 Å². The first kappa shape index (κ1) is 12.2. The highest BCUT2D eigenvalue weighted by atomic mass is 33.1. The smallest absolute Gasteiger partial charge is 0.235 e. The summed E-state index contributed by atoms with van der Waals surface area (Å²) in [6.45, 7) is 4.21. The quantitative estimate of drug-likeness (QED) is 0.322. The molecule has 0 aliphatic carbocycles. The van der Waals surface area contributed by atoms with Crippen molar-refractivity contribution in [2.75, 3.05) is 24.6 Å². The first-order valence-corrected chi connectivity index (χ1v) is 7.20. The Hall–Kier alpha value is 0.0900. The molecule has 0 aromatic rings. The van der Waals surface area contributed by atoms with Crippen LogP contribution in [0.25, 0.3) is 0 Å². The number of nitrogens with zero attached hydrogens (tertiary/aromatic N) is 1. The maximum atomic E-state index is 11.1. The minimum absolute atomic E-state index is 0.0814. The highest BCUT2D eigenvalue weighted by Gasteiger charge is 2.18. The average Bonchev–Trinajstić information content (AvgIpc) is 2.45. The molecule has 1 heterocycles. The maximum Gasteiger partial charge on any atom is 0.235 e. The predicted octanol–water partition coefficient (Wildman–Crippen LogP) is 0.452. The standard InChI is InChI=1S/C8H17N3OS2/c1-7(6-8(12)10-9)11-2-4-13-14-5-3-11/h7H,2-6,9H2,1H3,(H,10,12). The number of hydrogen-bond acceptors (Lipinski definition) is 5. The Morgan fingerprint density at radius 1 is 1.50 bits per heavy atom. The van der Waals surface area contributed by atoms with Gasteiger partial charge in [-0.3, -0.25) is 15.1 Å². The summed E-state index contributed by atoms with van der Waals surface area (Å²) >= 11 is 0. The van der Waals surface area contributed by atoms with E-state index in [2.05, 4.69) is 17.2 Å². The van der Waals surface area contributed by atoms with Crippen LogP contribution in [0.15, 0.2) is 0 Å². The second-order valence-electron chi connectivity index (χ2n) is 3.30. The molecule has 0 radical (unpaired) electrons. The van der Waals surface area contributed by atoms with Crippen molar-refractivity contribution in [3.05, 3.63) is 0 Å². The molecule has 1 amide bonds. The van der Waals surface area contributed by atoms with Gasteiger partial charge in [0.05, 0.1) is 0 Å². The zero-order valence-corrected chi connectivity index (χ0v) is 10.00. The second kappa shape index (κ2) is 6.55. The molecule has 1 aliphatic heterocycles. The highest BCUT2D eigenvalue weighted by Crippen LogP contribution is 2.24. The van der Waals surface area contributed by atoms with Crippen LogP contribution < -0.4 is 11.3 Å². The highest BCUT2D eigenvalue weighted by molar-refractivity contribution is 8.76. The average molecular weight is 235 g/mol. The van der Waals surface area contributed by atoms with Crippen LogP contribution in [0, 0.1) is 0 Å². The summed E-state index contributed by atoms with van der Waals surface area (Å²) in [5, 5.41) is 0. The molecular formula is C8H17N3OS2. The van der Waals surface area contributed by atoms with Crippen molar-refractivity contribution in [1.29, 1.82) is 0 Å². The summed E-state index contributed by atoms with van der Waals surface area (Å²) in [5.41, 5.74) is 2.17. The molecule has 0 spiro atoms. The molecule has 3 N–H and O–H groups in total. The summed E-state index contributed by atoms with van der Waals surface area (Å²) in [4.78, 5) is 13.4. The molecule has 1 fully saturated rings. The first-order chi connectivity index (χ1) is 6.74. The number of nitrogens with one attached hydrogen (secondary N) is 1. The van der Waals surface area contributed by atoms with Crippen LogP contribution in [0.1, 0.15) is 13.3 Å². The lowest BCUT2D eigenvalue weighted by atomic mass is 10.2. The van der Waals surface area contributed by atoms with E-state index in [0.29, 0.717) is 6.42 Å². The zero-order chi connectivity index (χ0) is 10.4. The number of carbonyl (C=O) groups excluding carboxylic acids is 1. The number of nitrogens with two attached hydrogens (primary N) is 1. The van der Waals surface area contributed by atoms with Crippen LogP contribution in [0.5, 0.6) is 0 Å². The van der Waals surface area contributed by atoms with Crippen molar-refractivity contribution in [3.8, 4) is 0 Å². The van der Waals surface area contributed by atoms with Gasteiger partial charge in [0.1, 0.15) is 0 Å². The van der Waals surface area contributed by atoms with Crippen LogP contribution in [0.3, 0.4) is 0 Å². The van der Waals surface area contributed by atoms with Crippen LogP contribution >= 0.6 is 21.6 Å². The Kier molecular flexibility index (Phi) is 5.69. The summed E-state index contributed by atoms with van der Waals surface area (Å²) < 4.78 is 0. The first-order valence-electron chi connectivity index (χ1n) is 4.72. The largest absolute Gasteiger partial charge is 0.298 e. The molecular weight excluding hydrogens is 218 g/mol. The molecule has 0 aromatic heterocycles. The lowest BCUT2D eigenvalue weighted by molar-refractivity contribution is -0.122. The number of carbonyl (C=O) groups is 1. The van der Waals surface area contributed by atoms with Crippen LogP contribution in [0.4, 0.5) is 0 Å². The number of hydrazine groups is 1. The Morgan fingerprint density at radius 2 is 2.07 bits per heavy atom. The van der Waals surface area contributed by atoms with Gasteiger partial charge in [0.15, 0.2) is 0 Å². The van der Waals surface area contributed by atoms with E-state index >= 15 is 0 Å². The minimum atomic E-state index is -0.0814. The van der Waals surface area contributed by atoms with Crippen molar-refractivity contribution in [1.82, 2.24) is 10.3 Å². The molecule has 1 rings (SSSR count). The molecule has 0 bridgehead atoms. The van der Waals surface area contributed by atoms with Gasteiger partial charge in [-0.05, 0) is 6.92 Å². The van der Waals surface area contributed by atoms with E-state index in [9.17, 15) is 4.79 Å². The fourth-order valence-corrected chi connectivity index (χ4v) is 3.44. The van der Waals surface area contributed by atoms with Gasteiger partial charge in [0.2, 0.25) is 5.91 Å². The maximum absolute atomic E-state index is 11.1. The van der Waals surface area contributed by atoms with Crippen LogP contribution in [0.2, 0.25) is 0 Å². The molecule has 0 saturated carbocycles. The molecule has 1 aliphatic rings. The van der Waals surface area contributed by atoms with Gasteiger partial charge in [0.25, 0.3) is 0 Å². The van der Waals surface area contributed by atoms with Crippen LogP contribution in [-0.4, -0.2) is 41.4 Å². The Labute approximate surface area is 92.7 Å². The topological polar surface area (TPSA) is 58.4 Å². The molecule has 4 nitrogen and oxygen atoms in total. The van der Waals surface area contributed by atoms with E-state index in [1.807, 2.05) is 21.6 Å². The van der Waals surface area contributed by atoms with E-state index in [1.54, 1.807) is 0 Å². The summed E-state index contributed by atoms with van der Waals surface area (Å²) in [6.07, 6.45) is 0.492. The van der Waals surface area contributed by atoms with Crippen molar-refractivity contribution < 1.29 is 4.79 Å². The molecule has 0 aromatic carbocycles. The van der Waals surface area contributed by atoms with Gasteiger partial charge in [-0.2, -0.15) is 0 Å². The third-order valence-corrected chi connectivity index (χ3v) is 4.64. The normalized spacial score (nSPS) is 21.3. The molecule has 1 unspecified atom stereocenters. The molecule has 6 heteroatoms. The predicted molar refractivity (Wildman–Crippen MR) is 62.9 cm³/mol. The van der Waals surface area contributed by atoms with Crippen molar-refractivity contribution in [2.24, 2.45) is 5.84 Å².